The molecule has 0 spiro atoms. The van der Waals surface area contributed by atoms with Gasteiger partial charge in [-0.25, -0.2) is 4.39 Å². The summed E-state index contributed by atoms with van der Waals surface area (Å²) in [6, 6.07) is 20.9. The van der Waals surface area contributed by atoms with E-state index in [1.165, 1.54) is 18.2 Å². The number of carbonyl (C=O) groups excluding carboxylic acids is 1. The SMILES string of the molecule is O=C(Nc1ccccc1/C=C/c1n[nH]c2ccccc12)c1cccc(F)c1. The highest BCUT2D eigenvalue weighted by Gasteiger charge is 2.09. The fourth-order valence-corrected chi connectivity index (χ4v) is 2.86. The Morgan fingerprint density at radius 2 is 1.78 bits per heavy atom. The average molecular weight is 357 g/mol. The number of halogens is 1. The second kappa shape index (κ2) is 7.25. The van der Waals surface area contributed by atoms with Crippen LogP contribution in [0, 0.1) is 5.82 Å². The monoisotopic (exact) mass is 357 g/mol. The standard InChI is InChI=1S/C22H16FN3O/c23-17-8-5-7-16(14-17)22(27)24-19-10-3-1-6-15(19)12-13-21-18-9-2-4-11-20(18)25-26-21/h1-14H,(H,24,27)(H,25,26)/b13-12+. The Labute approximate surface area is 155 Å². The first-order chi connectivity index (χ1) is 13.2. The van der Waals surface area contributed by atoms with E-state index in [1.54, 1.807) is 12.1 Å². The van der Waals surface area contributed by atoms with Gasteiger partial charge in [-0.15, -0.1) is 0 Å². The number of benzene rings is 3. The molecule has 2 N–H and O–H groups in total. The van der Waals surface area contributed by atoms with Crippen LogP contribution in [-0.2, 0) is 0 Å². The van der Waals surface area contributed by atoms with Gasteiger partial charge < -0.3 is 5.32 Å². The molecule has 0 unspecified atom stereocenters. The first-order valence-electron chi connectivity index (χ1n) is 8.48. The topological polar surface area (TPSA) is 57.8 Å². The van der Waals surface area contributed by atoms with Crippen LogP contribution in [0.15, 0.2) is 72.8 Å². The number of hydrogen-bond donors (Lipinski definition) is 2. The van der Waals surface area contributed by atoms with Gasteiger partial charge in [0, 0.05) is 16.6 Å². The van der Waals surface area contributed by atoms with Crippen molar-refractivity contribution >= 4 is 34.6 Å². The van der Waals surface area contributed by atoms with Crippen molar-refractivity contribution in [2.24, 2.45) is 0 Å². The Morgan fingerprint density at radius 3 is 2.67 bits per heavy atom. The predicted molar refractivity (Wildman–Crippen MR) is 106 cm³/mol. The lowest BCUT2D eigenvalue weighted by atomic mass is 10.1. The maximum absolute atomic E-state index is 13.4. The highest BCUT2D eigenvalue weighted by molar-refractivity contribution is 6.05. The minimum absolute atomic E-state index is 0.270. The van der Waals surface area contributed by atoms with Gasteiger partial charge in [0.2, 0.25) is 0 Å². The Kier molecular flexibility index (Phi) is 4.49. The van der Waals surface area contributed by atoms with Crippen LogP contribution in [0.25, 0.3) is 23.1 Å². The van der Waals surface area contributed by atoms with Crippen LogP contribution < -0.4 is 5.32 Å². The Balaban J connectivity index is 1.60. The lowest BCUT2D eigenvalue weighted by Gasteiger charge is -2.08. The van der Waals surface area contributed by atoms with Crippen LogP contribution in [0.1, 0.15) is 21.6 Å². The van der Waals surface area contributed by atoms with Crippen LogP contribution in [0.3, 0.4) is 0 Å². The molecule has 4 rings (SSSR count). The number of para-hydroxylation sites is 2. The summed E-state index contributed by atoms with van der Waals surface area (Å²) in [4.78, 5) is 12.4. The zero-order valence-corrected chi connectivity index (χ0v) is 14.3. The molecule has 1 amide bonds. The van der Waals surface area contributed by atoms with Crippen LogP contribution >= 0.6 is 0 Å². The third-order valence-corrected chi connectivity index (χ3v) is 4.22. The second-order valence-corrected chi connectivity index (χ2v) is 6.04. The molecule has 0 aliphatic carbocycles. The summed E-state index contributed by atoms with van der Waals surface area (Å²) in [7, 11) is 0. The van der Waals surface area contributed by atoms with E-state index in [9.17, 15) is 9.18 Å². The molecule has 1 heterocycles. The largest absolute Gasteiger partial charge is 0.321 e. The molecule has 0 aliphatic heterocycles. The molecule has 0 saturated carbocycles. The molecule has 4 nitrogen and oxygen atoms in total. The Hall–Kier alpha value is -3.73. The highest BCUT2D eigenvalue weighted by Crippen LogP contribution is 2.21. The molecule has 0 aliphatic rings. The van der Waals surface area contributed by atoms with Crippen molar-refractivity contribution < 1.29 is 9.18 Å². The summed E-state index contributed by atoms with van der Waals surface area (Å²) >= 11 is 0. The van der Waals surface area contributed by atoms with E-state index in [0.29, 0.717) is 5.69 Å². The fraction of sp³-hybridized carbons (Fsp3) is 0. The summed E-state index contributed by atoms with van der Waals surface area (Å²) in [6.07, 6.45) is 3.79. The molecule has 4 aromatic rings. The molecule has 0 atom stereocenters. The van der Waals surface area contributed by atoms with E-state index in [-0.39, 0.29) is 11.5 Å². The number of H-pyrrole nitrogens is 1. The number of nitrogens with one attached hydrogen (secondary N) is 2. The van der Waals surface area contributed by atoms with Crippen LogP contribution in [-0.4, -0.2) is 16.1 Å². The van der Waals surface area contributed by atoms with Gasteiger partial charge >= 0.3 is 0 Å². The molecule has 0 radical (unpaired) electrons. The minimum Gasteiger partial charge on any atom is -0.321 e. The first-order valence-corrected chi connectivity index (χ1v) is 8.48. The minimum atomic E-state index is -0.443. The van der Waals surface area contributed by atoms with Crippen LogP contribution in [0.5, 0.6) is 0 Å². The summed E-state index contributed by atoms with van der Waals surface area (Å²) in [6.45, 7) is 0. The molecule has 0 saturated heterocycles. The average Bonchev–Trinajstić information content (AvgIpc) is 3.10. The number of aromatic nitrogens is 2. The first kappa shape index (κ1) is 16.7. The third kappa shape index (κ3) is 3.62. The summed E-state index contributed by atoms with van der Waals surface area (Å²) in [5.74, 6) is -0.804. The van der Waals surface area contributed by atoms with Crippen molar-refractivity contribution in [2.75, 3.05) is 5.32 Å². The van der Waals surface area contributed by atoms with Crippen molar-refractivity contribution in [1.82, 2.24) is 10.2 Å². The van der Waals surface area contributed by atoms with E-state index < -0.39 is 5.82 Å². The van der Waals surface area contributed by atoms with Crippen molar-refractivity contribution in [2.45, 2.75) is 0 Å². The molecule has 27 heavy (non-hydrogen) atoms. The quantitative estimate of drug-likeness (QED) is 0.532. The van der Waals surface area contributed by atoms with E-state index in [4.69, 9.17) is 0 Å². The van der Waals surface area contributed by atoms with Crippen molar-refractivity contribution in [3.05, 3.63) is 95.4 Å². The third-order valence-electron chi connectivity index (χ3n) is 4.22. The van der Waals surface area contributed by atoms with Gasteiger partial charge in [0.1, 0.15) is 5.82 Å². The molecular formula is C22H16FN3O. The maximum Gasteiger partial charge on any atom is 0.255 e. The molecule has 1 aromatic heterocycles. The Bertz CT molecular complexity index is 1150. The van der Waals surface area contributed by atoms with Gasteiger partial charge in [0.15, 0.2) is 0 Å². The number of aromatic amines is 1. The van der Waals surface area contributed by atoms with Gasteiger partial charge in [-0.2, -0.15) is 5.10 Å². The zero-order chi connectivity index (χ0) is 18.6. The fourth-order valence-electron chi connectivity index (χ4n) is 2.86. The molecule has 5 heteroatoms. The van der Waals surface area contributed by atoms with Crippen molar-refractivity contribution in [3.8, 4) is 0 Å². The zero-order valence-electron chi connectivity index (χ0n) is 14.3. The van der Waals surface area contributed by atoms with E-state index in [1.807, 2.05) is 54.6 Å². The summed E-state index contributed by atoms with van der Waals surface area (Å²) in [5, 5.41) is 11.2. The normalized spacial score (nSPS) is 11.1. The smallest absolute Gasteiger partial charge is 0.255 e. The predicted octanol–water partition coefficient (Wildman–Crippen LogP) is 5.12. The van der Waals surface area contributed by atoms with Crippen molar-refractivity contribution in [3.63, 3.8) is 0 Å². The molecule has 132 valence electrons. The van der Waals surface area contributed by atoms with Gasteiger partial charge in [-0.3, -0.25) is 9.89 Å². The molecule has 3 aromatic carbocycles. The lowest BCUT2D eigenvalue weighted by Crippen LogP contribution is -2.12. The Morgan fingerprint density at radius 1 is 0.963 bits per heavy atom. The number of rotatable bonds is 4. The van der Waals surface area contributed by atoms with Gasteiger partial charge in [0.05, 0.1) is 11.2 Å². The maximum atomic E-state index is 13.4. The van der Waals surface area contributed by atoms with Gasteiger partial charge in [0.25, 0.3) is 5.91 Å². The van der Waals surface area contributed by atoms with E-state index in [2.05, 4.69) is 15.5 Å². The number of hydrogen-bond acceptors (Lipinski definition) is 2. The number of amides is 1. The summed E-state index contributed by atoms with van der Waals surface area (Å²) in [5.41, 5.74) is 3.52. The number of carbonyl (C=O) groups is 1. The van der Waals surface area contributed by atoms with Gasteiger partial charge in [-0.1, -0.05) is 48.5 Å². The van der Waals surface area contributed by atoms with E-state index >= 15 is 0 Å². The summed E-state index contributed by atoms with van der Waals surface area (Å²) < 4.78 is 13.4. The molecular weight excluding hydrogens is 341 g/mol. The lowest BCUT2D eigenvalue weighted by molar-refractivity contribution is 0.102. The highest BCUT2D eigenvalue weighted by atomic mass is 19.1. The van der Waals surface area contributed by atoms with Crippen LogP contribution in [0.2, 0.25) is 0 Å². The van der Waals surface area contributed by atoms with Crippen molar-refractivity contribution in [1.29, 1.82) is 0 Å². The van der Waals surface area contributed by atoms with E-state index in [0.717, 1.165) is 22.2 Å². The number of fused-ring (bicyclic) bond motifs is 1. The molecule has 0 fully saturated rings. The number of anilines is 1. The molecule has 0 bridgehead atoms. The number of nitrogens with zero attached hydrogens (tertiary/aromatic N) is 1. The van der Waals surface area contributed by atoms with Crippen LogP contribution in [0.4, 0.5) is 10.1 Å². The second-order valence-electron chi connectivity index (χ2n) is 6.04. The van der Waals surface area contributed by atoms with Gasteiger partial charge in [-0.05, 0) is 42.0 Å².